The van der Waals surface area contributed by atoms with E-state index in [1.165, 1.54) is 0 Å². The molecule has 0 amide bonds. The summed E-state index contributed by atoms with van der Waals surface area (Å²) in [5.74, 6) is -3.45. The third-order valence-corrected chi connectivity index (χ3v) is 5.07. The zero-order chi connectivity index (χ0) is 26.4. The molecule has 0 radical (unpaired) electrons. The molecular formula is C20H30O15. The van der Waals surface area contributed by atoms with Crippen molar-refractivity contribution in [3.05, 3.63) is 0 Å². The first-order valence-electron chi connectivity index (χ1n) is 10.6. The summed E-state index contributed by atoms with van der Waals surface area (Å²) in [6.45, 7) is 2.60. The van der Waals surface area contributed by atoms with Gasteiger partial charge in [0.25, 0.3) is 0 Å². The van der Waals surface area contributed by atoms with Gasteiger partial charge in [-0.2, -0.15) is 0 Å². The van der Waals surface area contributed by atoms with Crippen molar-refractivity contribution < 1.29 is 72.8 Å². The molecule has 0 aliphatic carbocycles. The minimum absolute atomic E-state index is 0.765. The Morgan fingerprint density at radius 1 is 0.600 bits per heavy atom. The number of carbonyl (C=O) groups excluding carboxylic acids is 4. The summed E-state index contributed by atoms with van der Waals surface area (Å²) in [7, 11) is 0. The number of ether oxygens (including phenoxy) is 7. The molecule has 15 heteroatoms. The third kappa shape index (κ3) is 7.30. The van der Waals surface area contributed by atoms with E-state index < -0.39 is 98.5 Å². The third-order valence-electron chi connectivity index (χ3n) is 5.07. The van der Waals surface area contributed by atoms with Crippen molar-refractivity contribution in [3.63, 3.8) is 0 Å². The molecule has 2 aliphatic rings. The fourth-order valence-electron chi connectivity index (χ4n) is 3.72. The maximum atomic E-state index is 11.7. The lowest BCUT2D eigenvalue weighted by Gasteiger charge is -2.47. The van der Waals surface area contributed by atoms with E-state index >= 15 is 0 Å². The number of aliphatic hydroxyl groups is 4. The quantitative estimate of drug-likeness (QED) is 0.188. The molecule has 2 rings (SSSR count). The molecule has 0 unspecified atom stereocenters. The van der Waals surface area contributed by atoms with Crippen LogP contribution < -0.4 is 0 Å². The van der Waals surface area contributed by atoms with Crippen LogP contribution in [0.3, 0.4) is 0 Å². The summed E-state index contributed by atoms with van der Waals surface area (Å²) in [4.78, 5) is 46.7. The standard InChI is InChI=1S/C20H30O15/c1-7(23)29-15-13(27)11(5-21)33-19(17(15)31-9(3)25)35-20-18(32-10(4)26)16(30-8(2)24)14(28)12(6-22)34-20/h11-22,27-28H,5-6H2,1-4H3/t11-,12-,13-,14-,15+,16+,17-,18-,19-,20-/m1/s1. The van der Waals surface area contributed by atoms with Gasteiger partial charge in [0, 0.05) is 27.7 Å². The molecule has 0 aromatic heterocycles. The predicted octanol–water partition coefficient (Wildman–Crippen LogP) is -3.11. The topological polar surface area (TPSA) is 214 Å². The molecule has 0 spiro atoms. The molecule has 200 valence electrons. The van der Waals surface area contributed by atoms with Gasteiger partial charge >= 0.3 is 23.9 Å². The SMILES string of the molecule is CC(=O)O[C@H]1[C@@H](O[C@H]2O[C@H](CO)[C@@H](O)[C@H](OC(C)=O)[C@H]2OC(C)=O)O[C@H](CO)[C@@H](O)[C@@H]1OC(C)=O. The van der Waals surface area contributed by atoms with Crippen LogP contribution in [0.25, 0.3) is 0 Å². The van der Waals surface area contributed by atoms with Gasteiger partial charge in [-0.25, -0.2) is 0 Å². The summed E-state index contributed by atoms with van der Waals surface area (Å²) in [5.41, 5.74) is 0. The number of rotatable bonds is 8. The van der Waals surface area contributed by atoms with Crippen LogP contribution in [0.2, 0.25) is 0 Å². The van der Waals surface area contributed by atoms with Crippen molar-refractivity contribution in [1.82, 2.24) is 0 Å². The average Bonchev–Trinajstić information content (AvgIpc) is 2.75. The first-order valence-corrected chi connectivity index (χ1v) is 10.6. The molecule has 0 aromatic rings. The molecule has 4 N–H and O–H groups in total. The van der Waals surface area contributed by atoms with Gasteiger partial charge in [-0.3, -0.25) is 19.2 Å². The molecule has 15 nitrogen and oxygen atoms in total. The smallest absolute Gasteiger partial charge is 0.303 e. The molecule has 0 saturated carbocycles. The van der Waals surface area contributed by atoms with Gasteiger partial charge in [-0.1, -0.05) is 0 Å². The monoisotopic (exact) mass is 510 g/mol. The van der Waals surface area contributed by atoms with Crippen LogP contribution in [0.4, 0.5) is 0 Å². The highest BCUT2D eigenvalue weighted by Crippen LogP contribution is 2.32. The first kappa shape index (κ1) is 28.8. The molecule has 2 heterocycles. The van der Waals surface area contributed by atoms with Gasteiger partial charge in [-0.05, 0) is 0 Å². The zero-order valence-corrected chi connectivity index (χ0v) is 19.5. The van der Waals surface area contributed by atoms with Gasteiger partial charge in [0.2, 0.25) is 12.6 Å². The maximum absolute atomic E-state index is 11.7. The molecule has 2 saturated heterocycles. The maximum Gasteiger partial charge on any atom is 0.303 e. The van der Waals surface area contributed by atoms with Gasteiger partial charge in [-0.15, -0.1) is 0 Å². The van der Waals surface area contributed by atoms with Crippen molar-refractivity contribution in [2.24, 2.45) is 0 Å². The minimum atomic E-state index is -1.69. The van der Waals surface area contributed by atoms with Crippen LogP contribution in [0.15, 0.2) is 0 Å². The molecule has 35 heavy (non-hydrogen) atoms. The number of hydrogen-bond donors (Lipinski definition) is 4. The fraction of sp³-hybridized carbons (Fsp3) is 0.800. The van der Waals surface area contributed by atoms with E-state index in [2.05, 4.69) is 0 Å². The Morgan fingerprint density at radius 2 is 0.886 bits per heavy atom. The Bertz CT molecular complexity index is 710. The van der Waals surface area contributed by atoms with Gasteiger partial charge in [0.15, 0.2) is 24.4 Å². The van der Waals surface area contributed by atoms with Gasteiger partial charge < -0.3 is 53.6 Å². The van der Waals surface area contributed by atoms with Crippen molar-refractivity contribution in [3.8, 4) is 0 Å². The van der Waals surface area contributed by atoms with Crippen molar-refractivity contribution >= 4 is 23.9 Å². The second kappa shape index (κ2) is 12.5. The molecule has 2 fully saturated rings. The van der Waals surface area contributed by atoms with Crippen LogP contribution in [0.1, 0.15) is 27.7 Å². The van der Waals surface area contributed by atoms with E-state index in [9.17, 15) is 39.6 Å². The van der Waals surface area contributed by atoms with Gasteiger partial charge in [0.05, 0.1) is 13.2 Å². The Labute approximate surface area is 199 Å². The summed E-state index contributed by atoms with van der Waals surface area (Å²) in [6, 6.07) is 0. The van der Waals surface area contributed by atoms with E-state index in [1.807, 2.05) is 0 Å². The molecular weight excluding hydrogens is 480 g/mol. The Kier molecular flexibility index (Phi) is 10.3. The van der Waals surface area contributed by atoms with Gasteiger partial charge in [0.1, 0.15) is 24.4 Å². The largest absolute Gasteiger partial charge is 0.455 e. The number of carbonyl (C=O) groups is 4. The molecule has 10 atom stereocenters. The second-order valence-electron chi connectivity index (χ2n) is 7.86. The van der Waals surface area contributed by atoms with E-state index in [0.717, 1.165) is 27.7 Å². The normalized spacial score (nSPS) is 37.1. The highest BCUT2D eigenvalue weighted by atomic mass is 16.8. The lowest BCUT2D eigenvalue weighted by molar-refractivity contribution is -0.377. The first-order chi connectivity index (χ1) is 16.4. The summed E-state index contributed by atoms with van der Waals surface area (Å²) in [5, 5.41) is 40.2. The highest BCUT2D eigenvalue weighted by molar-refractivity contribution is 5.68. The second-order valence-corrected chi connectivity index (χ2v) is 7.86. The van der Waals surface area contributed by atoms with Crippen LogP contribution in [-0.2, 0) is 52.3 Å². The minimum Gasteiger partial charge on any atom is -0.455 e. The number of aliphatic hydroxyl groups excluding tert-OH is 4. The van der Waals surface area contributed by atoms with Crippen LogP contribution >= 0.6 is 0 Å². The summed E-state index contributed by atoms with van der Waals surface area (Å²) < 4.78 is 37.2. The van der Waals surface area contributed by atoms with E-state index in [-0.39, 0.29) is 0 Å². The fourth-order valence-corrected chi connectivity index (χ4v) is 3.72. The Balaban J connectivity index is 2.44. The van der Waals surface area contributed by atoms with Crippen molar-refractivity contribution in [1.29, 1.82) is 0 Å². The summed E-state index contributed by atoms with van der Waals surface area (Å²) >= 11 is 0. The van der Waals surface area contributed by atoms with Crippen LogP contribution in [0.5, 0.6) is 0 Å². The van der Waals surface area contributed by atoms with Crippen molar-refractivity contribution in [2.45, 2.75) is 89.1 Å². The Morgan fingerprint density at radius 3 is 1.14 bits per heavy atom. The van der Waals surface area contributed by atoms with Crippen LogP contribution in [-0.4, -0.2) is 119 Å². The highest BCUT2D eigenvalue weighted by Gasteiger charge is 2.55. The van der Waals surface area contributed by atoms with Crippen LogP contribution in [0, 0.1) is 0 Å². The van der Waals surface area contributed by atoms with E-state index in [4.69, 9.17) is 33.2 Å². The van der Waals surface area contributed by atoms with E-state index in [1.54, 1.807) is 0 Å². The lowest BCUT2D eigenvalue weighted by atomic mass is 9.97. The Hall–Kier alpha value is -2.40. The molecule has 2 aliphatic heterocycles. The molecule has 0 aromatic carbocycles. The zero-order valence-electron chi connectivity index (χ0n) is 19.5. The predicted molar refractivity (Wildman–Crippen MR) is 107 cm³/mol. The lowest BCUT2D eigenvalue weighted by Crippen LogP contribution is -2.65. The van der Waals surface area contributed by atoms with Crippen molar-refractivity contribution in [2.75, 3.05) is 13.2 Å². The number of esters is 4. The van der Waals surface area contributed by atoms with E-state index in [0.29, 0.717) is 0 Å². The molecule has 0 bridgehead atoms. The number of hydrogen-bond acceptors (Lipinski definition) is 15. The summed E-state index contributed by atoms with van der Waals surface area (Å²) in [6.07, 6.45) is -15.7. The average molecular weight is 510 g/mol.